The van der Waals surface area contributed by atoms with Crippen LogP contribution in [0, 0.1) is 0 Å². The van der Waals surface area contributed by atoms with Crippen molar-refractivity contribution in [1.82, 2.24) is 8.54 Å². The third-order valence-electron chi connectivity index (χ3n) is 3.55. The smallest absolute Gasteiger partial charge is 0.267 e. The fraction of sp³-hybridized carbons (Fsp3) is 0.125. The highest BCUT2D eigenvalue weighted by Gasteiger charge is 2.31. The van der Waals surface area contributed by atoms with E-state index in [4.69, 9.17) is 34.8 Å². The van der Waals surface area contributed by atoms with Gasteiger partial charge in [-0.2, -0.15) is 17.1 Å². The van der Waals surface area contributed by atoms with Crippen LogP contribution < -0.4 is 11.2 Å². The minimum Gasteiger partial charge on any atom is -0.267 e. The standard InChI is InChI=1S/C16H8Cl3F3N2O2S/c17-16(18,19)27-24-13(25)11-6-1-2-7-12(11)23(14(24)26)10-5-3-4-9(8-10)15(20,21)22/h1-8H. The molecule has 0 bridgehead atoms. The van der Waals surface area contributed by atoms with Gasteiger partial charge in [0.2, 0.25) is 0 Å². The highest BCUT2D eigenvalue weighted by Crippen LogP contribution is 2.38. The Balaban J connectivity index is 2.40. The molecular weight excluding hydrogens is 448 g/mol. The summed E-state index contributed by atoms with van der Waals surface area (Å²) in [7, 11) is 0. The molecule has 3 aromatic rings. The number of para-hydroxylation sites is 1. The van der Waals surface area contributed by atoms with Gasteiger partial charge in [-0.15, -0.1) is 0 Å². The molecule has 0 atom stereocenters. The minimum absolute atomic E-state index is 0.0790. The number of aromatic nitrogens is 2. The summed E-state index contributed by atoms with van der Waals surface area (Å²) in [6.45, 7) is 0. The molecule has 2 aromatic carbocycles. The van der Waals surface area contributed by atoms with Crippen LogP contribution in [0.3, 0.4) is 0 Å². The summed E-state index contributed by atoms with van der Waals surface area (Å²) in [6, 6.07) is 10.1. The summed E-state index contributed by atoms with van der Waals surface area (Å²) in [5.74, 6) is 0. The van der Waals surface area contributed by atoms with Gasteiger partial charge in [0.05, 0.1) is 22.2 Å². The van der Waals surface area contributed by atoms with Crippen LogP contribution in [0.2, 0.25) is 0 Å². The van der Waals surface area contributed by atoms with Crippen LogP contribution in [0.1, 0.15) is 5.56 Å². The van der Waals surface area contributed by atoms with Gasteiger partial charge in [0.1, 0.15) is 0 Å². The Kier molecular flexibility index (Phi) is 5.28. The van der Waals surface area contributed by atoms with Gasteiger partial charge in [-0.05, 0) is 30.3 Å². The predicted octanol–water partition coefficient (Wildman–Crippen LogP) is 5.00. The maximum atomic E-state index is 13.1. The highest BCUT2D eigenvalue weighted by atomic mass is 35.6. The second kappa shape index (κ2) is 7.09. The average molecular weight is 456 g/mol. The zero-order valence-electron chi connectivity index (χ0n) is 13.0. The van der Waals surface area contributed by atoms with E-state index in [1.165, 1.54) is 18.2 Å². The molecule has 1 heterocycles. The van der Waals surface area contributed by atoms with Crippen molar-refractivity contribution in [2.45, 2.75) is 9.30 Å². The second-order valence-electron chi connectivity index (χ2n) is 5.32. The van der Waals surface area contributed by atoms with E-state index >= 15 is 0 Å². The summed E-state index contributed by atoms with van der Waals surface area (Å²) in [4.78, 5) is 25.5. The summed E-state index contributed by atoms with van der Waals surface area (Å²) < 4.78 is 38.7. The van der Waals surface area contributed by atoms with Gasteiger partial charge in [-0.3, -0.25) is 9.36 Å². The van der Waals surface area contributed by atoms with Gasteiger partial charge in [0.25, 0.3) is 8.68 Å². The number of hydrogen-bond acceptors (Lipinski definition) is 3. The molecule has 0 spiro atoms. The normalized spacial score (nSPS) is 12.5. The van der Waals surface area contributed by atoms with Crippen molar-refractivity contribution in [2.75, 3.05) is 0 Å². The van der Waals surface area contributed by atoms with Crippen LogP contribution in [-0.2, 0) is 6.18 Å². The van der Waals surface area contributed by atoms with Crippen molar-refractivity contribution in [2.24, 2.45) is 0 Å². The van der Waals surface area contributed by atoms with Gasteiger partial charge < -0.3 is 0 Å². The van der Waals surface area contributed by atoms with E-state index in [9.17, 15) is 22.8 Å². The lowest BCUT2D eigenvalue weighted by Crippen LogP contribution is -2.37. The SMILES string of the molecule is O=c1c2ccccc2n(-c2cccc(C(F)(F)F)c2)c(=O)n1SC(Cl)(Cl)Cl. The first-order valence-electron chi connectivity index (χ1n) is 7.20. The highest BCUT2D eigenvalue weighted by molar-refractivity contribution is 8.03. The third kappa shape index (κ3) is 4.13. The first kappa shape index (κ1) is 20.1. The van der Waals surface area contributed by atoms with Gasteiger partial charge in [-0.25, -0.2) is 4.79 Å². The quantitative estimate of drug-likeness (QED) is 0.511. The van der Waals surface area contributed by atoms with E-state index in [0.29, 0.717) is 15.9 Å². The molecule has 0 N–H and O–H groups in total. The van der Waals surface area contributed by atoms with Gasteiger partial charge in [-0.1, -0.05) is 53.0 Å². The minimum atomic E-state index is -4.60. The van der Waals surface area contributed by atoms with Crippen molar-refractivity contribution < 1.29 is 13.2 Å². The van der Waals surface area contributed by atoms with E-state index < -0.39 is 26.1 Å². The molecule has 0 unspecified atom stereocenters. The van der Waals surface area contributed by atoms with Crippen LogP contribution >= 0.6 is 46.8 Å². The van der Waals surface area contributed by atoms with E-state index in [0.717, 1.165) is 22.8 Å². The molecule has 0 amide bonds. The summed E-state index contributed by atoms with van der Waals surface area (Å²) in [5.41, 5.74) is -2.58. The van der Waals surface area contributed by atoms with E-state index in [-0.39, 0.29) is 16.6 Å². The number of alkyl halides is 6. The zero-order chi connectivity index (χ0) is 20.0. The van der Waals surface area contributed by atoms with E-state index in [1.807, 2.05) is 0 Å². The molecule has 142 valence electrons. The van der Waals surface area contributed by atoms with Crippen LogP contribution in [0.15, 0.2) is 58.1 Å². The van der Waals surface area contributed by atoms with Crippen molar-refractivity contribution in [3.05, 3.63) is 74.9 Å². The summed E-state index contributed by atoms with van der Waals surface area (Å²) in [5, 5.41) is 0.0799. The number of halogens is 6. The van der Waals surface area contributed by atoms with Crippen LogP contribution in [0.5, 0.6) is 0 Å². The number of benzene rings is 2. The molecule has 0 saturated heterocycles. The molecule has 0 fully saturated rings. The number of hydrogen-bond donors (Lipinski definition) is 0. The maximum absolute atomic E-state index is 13.1. The number of nitrogens with zero attached hydrogens (tertiary/aromatic N) is 2. The van der Waals surface area contributed by atoms with E-state index in [1.54, 1.807) is 12.1 Å². The Bertz CT molecular complexity index is 1140. The molecule has 0 radical (unpaired) electrons. The Labute approximate surface area is 169 Å². The van der Waals surface area contributed by atoms with Crippen LogP contribution in [-0.4, -0.2) is 11.7 Å². The first-order valence-corrected chi connectivity index (χ1v) is 9.10. The van der Waals surface area contributed by atoms with E-state index in [2.05, 4.69) is 0 Å². The number of fused-ring (bicyclic) bond motifs is 1. The zero-order valence-corrected chi connectivity index (χ0v) is 16.1. The molecule has 0 aliphatic rings. The third-order valence-corrected chi connectivity index (χ3v) is 4.88. The van der Waals surface area contributed by atoms with Gasteiger partial charge in [0, 0.05) is 11.9 Å². The first-order chi connectivity index (χ1) is 12.5. The lowest BCUT2D eigenvalue weighted by atomic mass is 10.1. The molecule has 1 aromatic heterocycles. The van der Waals surface area contributed by atoms with Crippen molar-refractivity contribution in [3.63, 3.8) is 0 Å². The average Bonchev–Trinajstić information content (AvgIpc) is 2.57. The molecule has 0 aliphatic heterocycles. The monoisotopic (exact) mass is 454 g/mol. The summed E-state index contributed by atoms with van der Waals surface area (Å²) >= 11 is 17.4. The van der Waals surface area contributed by atoms with Crippen molar-refractivity contribution in [3.8, 4) is 5.69 Å². The Hall–Kier alpha value is -1.61. The Morgan fingerprint density at radius 2 is 1.59 bits per heavy atom. The van der Waals surface area contributed by atoms with Crippen molar-refractivity contribution in [1.29, 1.82) is 0 Å². The molecule has 0 saturated carbocycles. The maximum Gasteiger partial charge on any atom is 0.416 e. The molecule has 27 heavy (non-hydrogen) atoms. The molecule has 3 rings (SSSR count). The second-order valence-corrected chi connectivity index (χ2v) is 9.43. The fourth-order valence-electron chi connectivity index (χ4n) is 2.49. The van der Waals surface area contributed by atoms with Crippen LogP contribution in [0.25, 0.3) is 16.6 Å². The molecule has 11 heteroatoms. The topological polar surface area (TPSA) is 44.0 Å². The molecule has 0 aliphatic carbocycles. The molecular formula is C16H8Cl3F3N2O2S. The fourth-order valence-corrected chi connectivity index (χ4v) is 3.66. The predicted molar refractivity (Wildman–Crippen MR) is 102 cm³/mol. The largest absolute Gasteiger partial charge is 0.416 e. The number of rotatable bonds is 2. The lowest BCUT2D eigenvalue weighted by molar-refractivity contribution is -0.137. The lowest BCUT2D eigenvalue weighted by Gasteiger charge is -2.17. The Morgan fingerprint density at radius 1 is 0.926 bits per heavy atom. The summed E-state index contributed by atoms with van der Waals surface area (Å²) in [6.07, 6.45) is -4.60. The Morgan fingerprint density at radius 3 is 2.22 bits per heavy atom. The van der Waals surface area contributed by atoms with Crippen molar-refractivity contribution >= 4 is 57.7 Å². The van der Waals surface area contributed by atoms with Gasteiger partial charge >= 0.3 is 11.9 Å². The van der Waals surface area contributed by atoms with Gasteiger partial charge in [0.15, 0.2) is 0 Å². The molecule has 4 nitrogen and oxygen atoms in total. The van der Waals surface area contributed by atoms with Crippen LogP contribution in [0.4, 0.5) is 13.2 Å².